The highest BCUT2D eigenvalue weighted by molar-refractivity contribution is 5.93. The number of carbonyl (C=O) groups excluding carboxylic acids is 1. The molecule has 0 radical (unpaired) electrons. The summed E-state index contributed by atoms with van der Waals surface area (Å²) in [6.07, 6.45) is 2.52. The minimum absolute atomic E-state index is 0.157. The zero-order valence-corrected chi connectivity index (χ0v) is 12.2. The van der Waals surface area contributed by atoms with Crippen LogP contribution in [0.15, 0.2) is 42.6 Å². The number of carbonyl (C=O) groups is 1. The summed E-state index contributed by atoms with van der Waals surface area (Å²) in [6, 6.07) is 11.1. The van der Waals surface area contributed by atoms with Gasteiger partial charge in [-0.15, -0.1) is 0 Å². The summed E-state index contributed by atoms with van der Waals surface area (Å²) < 4.78 is 5.12. The lowest BCUT2D eigenvalue weighted by atomic mass is 10.2. The summed E-state index contributed by atoms with van der Waals surface area (Å²) in [5, 5.41) is 6.04. The molecule has 0 bridgehead atoms. The van der Waals surface area contributed by atoms with Crippen LogP contribution in [-0.4, -0.2) is 24.5 Å². The number of pyridine rings is 1. The van der Waals surface area contributed by atoms with Crippen molar-refractivity contribution in [3.05, 3.63) is 48.3 Å². The number of hydrogen-bond acceptors (Lipinski definition) is 4. The van der Waals surface area contributed by atoms with E-state index in [0.29, 0.717) is 12.2 Å². The van der Waals surface area contributed by atoms with Crippen LogP contribution in [0.5, 0.6) is 5.75 Å². The van der Waals surface area contributed by atoms with Crippen LogP contribution in [-0.2, 0) is 0 Å². The summed E-state index contributed by atoms with van der Waals surface area (Å²) in [6.45, 7) is 2.66. The predicted molar refractivity (Wildman–Crippen MR) is 83.1 cm³/mol. The van der Waals surface area contributed by atoms with Crippen LogP contribution >= 0.6 is 0 Å². The molecule has 1 amide bonds. The van der Waals surface area contributed by atoms with E-state index in [9.17, 15) is 4.79 Å². The maximum Gasteiger partial charge on any atom is 0.269 e. The van der Waals surface area contributed by atoms with Crippen molar-refractivity contribution in [1.82, 2.24) is 10.3 Å². The number of nitrogens with zero attached hydrogens (tertiary/aromatic N) is 1. The molecule has 0 aliphatic heterocycles. The molecule has 0 aliphatic rings. The first-order valence-corrected chi connectivity index (χ1v) is 6.88. The Balaban J connectivity index is 2.07. The first-order chi connectivity index (χ1) is 10.2. The molecule has 110 valence electrons. The van der Waals surface area contributed by atoms with Crippen molar-refractivity contribution in [1.29, 1.82) is 0 Å². The third-order valence-electron chi connectivity index (χ3n) is 2.91. The second-order valence-corrected chi connectivity index (χ2v) is 4.54. The fourth-order valence-corrected chi connectivity index (χ4v) is 1.80. The second kappa shape index (κ2) is 7.28. The van der Waals surface area contributed by atoms with E-state index in [-0.39, 0.29) is 5.91 Å². The highest BCUT2D eigenvalue weighted by Crippen LogP contribution is 2.19. The van der Waals surface area contributed by atoms with Gasteiger partial charge in [0.25, 0.3) is 5.91 Å². The first kappa shape index (κ1) is 14.8. The van der Waals surface area contributed by atoms with Crippen LogP contribution in [0, 0.1) is 0 Å². The minimum atomic E-state index is -0.157. The summed E-state index contributed by atoms with van der Waals surface area (Å²) in [7, 11) is 1.63. The van der Waals surface area contributed by atoms with Crippen LogP contribution in [0.4, 0.5) is 11.4 Å². The van der Waals surface area contributed by atoms with E-state index >= 15 is 0 Å². The van der Waals surface area contributed by atoms with Gasteiger partial charge in [0.2, 0.25) is 0 Å². The number of nitrogens with one attached hydrogen (secondary N) is 2. The van der Waals surface area contributed by atoms with Gasteiger partial charge in [0.1, 0.15) is 11.4 Å². The van der Waals surface area contributed by atoms with Crippen molar-refractivity contribution in [2.45, 2.75) is 13.3 Å². The largest absolute Gasteiger partial charge is 0.497 e. The van der Waals surface area contributed by atoms with Gasteiger partial charge in [0.05, 0.1) is 7.11 Å². The molecule has 0 unspecified atom stereocenters. The van der Waals surface area contributed by atoms with Gasteiger partial charge in [-0.05, 0) is 42.8 Å². The van der Waals surface area contributed by atoms with Crippen LogP contribution in [0.25, 0.3) is 0 Å². The summed E-state index contributed by atoms with van der Waals surface area (Å²) >= 11 is 0. The molecule has 21 heavy (non-hydrogen) atoms. The number of rotatable bonds is 6. The zero-order valence-electron chi connectivity index (χ0n) is 12.2. The van der Waals surface area contributed by atoms with Gasteiger partial charge in [0, 0.05) is 24.1 Å². The standard InChI is InChI=1S/C16H19N3O2/c1-3-9-18-16(20)15-11-13(8-10-17-15)19-12-4-6-14(21-2)7-5-12/h4-8,10-11H,3,9H2,1-2H3,(H,17,19)(H,18,20). The molecule has 0 atom stereocenters. The normalized spacial score (nSPS) is 10.0. The fourth-order valence-electron chi connectivity index (χ4n) is 1.80. The molecule has 0 fully saturated rings. The first-order valence-electron chi connectivity index (χ1n) is 6.88. The predicted octanol–water partition coefficient (Wildman–Crippen LogP) is 2.97. The maximum atomic E-state index is 11.9. The van der Waals surface area contributed by atoms with Crippen LogP contribution in [0.1, 0.15) is 23.8 Å². The number of ether oxygens (including phenoxy) is 1. The maximum absolute atomic E-state index is 11.9. The molecular formula is C16H19N3O2. The van der Waals surface area contributed by atoms with Crippen molar-refractivity contribution in [2.24, 2.45) is 0 Å². The van der Waals surface area contributed by atoms with Gasteiger partial charge in [0.15, 0.2) is 0 Å². The van der Waals surface area contributed by atoms with E-state index in [1.54, 1.807) is 19.4 Å². The Morgan fingerprint density at radius 1 is 1.19 bits per heavy atom. The minimum Gasteiger partial charge on any atom is -0.497 e. The fraction of sp³-hybridized carbons (Fsp3) is 0.250. The van der Waals surface area contributed by atoms with E-state index in [1.165, 1.54) is 0 Å². The van der Waals surface area contributed by atoms with Gasteiger partial charge in [-0.1, -0.05) is 6.92 Å². The third-order valence-corrected chi connectivity index (χ3v) is 2.91. The molecule has 0 saturated carbocycles. The number of amides is 1. The topological polar surface area (TPSA) is 63.2 Å². The van der Waals surface area contributed by atoms with Crippen molar-refractivity contribution >= 4 is 17.3 Å². The molecule has 2 aromatic rings. The van der Waals surface area contributed by atoms with Gasteiger partial charge in [-0.2, -0.15) is 0 Å². The Morgan fingerprint density at radius 2 is 1.95 bits per heavy atom. The number of benzene rings is 1. The van der Waals surface area contributed by atoms with E-state index in [2.05, 4.69) is 15.6 Å². The average Bonchev–Trinajstić information content (AvgIpc) is 2.53. The molecule has 1 heterocycles. The third kappa shape index (κ3) is 4.21. The molecule has 2 N–H and O–H groups in total. The lowest BCUT2D eigenvalue weighted by molar-refractivity contribution is 0.0949. The van der Waals surface area contributed by atoms with Gasteiger partial charge < -0.3 is 15.4 Å². The molecule has 1 aromatic heterocycles. The van der Waals surface area contributed by atoms with Crippen molar-refractivity contribution in [2.75, 3.05) is 19.0 Å². The Labute approximate surface area is 124 Å². The number of methoxy groups -OCH3 is 1. The van der Waals surface area contributed by atoms with Gasteiger partial charge in [-0.25, -0.2) is 0 Å². The second-order valence-electron chi connectivity index (χ2n) is 4.54. The van der Waals surface area contributed by atoms with Crippen molar-refractivity contribution in [3.63, 3.8) is 0 Å². The Morgan fingerprint density at radius 3 is 2.62 bits per heavy atom. The van der Waals surface area contributed by atoms with E-state index in [4.69, 9.17) is 4.74 Å². The summed E-state index contributed by atoms with van der Waals surface area (Å²) in [4.78, 5) is 16.0. The molecular weight excluding hydrogens is 266 g/mol. The quantitative estimate of drug-likeness (QED) is 0.856. The van der Waals surface area contributed by atoms with Crippen molar-refractivity contribution in [3.8, 4) is 5.75 Å². The number of aromatic nitrogens is 1. The zero-order chi connectivity index (χ0) is 15.1. The number of anilines is 2. The van der Waals surface area contributed by atoms with Crippen LogP contribution < -0.4 is 15.4 Å². The Hall–Kier alpha value is -2.56. The van der Waals surface area contributed by atoms with E-state index < -0.39 is 0 Å². The molecule has 5 nitrogen and oxygen atoms in total. The van der Waals surface area contributed by atoms with Crippen molar-refractivity contribution < 1.29 is 9.53 Å². The summed E-state index contributed by atoms with van der Waals surface area (Å²) in [5.41, 5.74) is 2.14. The van der Waals surface area contributed by atoms with E-state index in [1.807, 2.05) is 37.3 Å². The van der Waals surface area contributed by atoms with Gasteiger partial charge in [-0.3, -0.25) is 9.78 Å². The molecule has 0 saturated heterocycles. The smallest absolute Gasteiger partial charge is 0.269 e. The van der Waals surface area contributed by atoms with Crippen LogP contribution in [0.3, 0.4) is 0 Å². The highest BCUT2D eigenvalue weighted by atomic mass is 16.5. The number of hydrogen-bond donors (Lipinski definition) is 2. The SMILES string of the molecule is CCCNC(=O)c1cc(Nc2ccc(OC)cc2)ccn1. The molecule has 1 aromatic carbocycles. The summed E-state index contributed by atoms with van der Waals surface area (Å²) in [5.74, 6) is 0.644. The average molecular weight is 285 g/mol. The monoisotopic (exact) mass is 285 g/mol. The van der Waals surface area contributed by atoms with E-state index in [0.717, 1.165) is 23.5 Å². The molecule has 0 spiro atoms. The lowest BCUT2D eigenvalue weighted by Gasteiger charge is -2.09. The Kier molecular flexibility index (Phi) is 5.15. The molecule has 5 heteroatoms. The highest BCUT2D eigenvalue weighted by Gasteiger charge is 2.07. The van der Waals surface area contributed by atoms with Crippen LogP contribution in [0.2, 0.25) is 0 Å². The molecule has 2 rings (SSSR count). The Bertz CT molecular complexity index is 597. The molecule has 0 aliphatic carbocycles. The van der Waals surface area contributed by atoms with Gasteiger partial charge >= 0.3 is 0 Å². The lowest BCUT2D eigenvalue weighted by Crippen LogP contribution is -2.24.